The Balaban J connectivity index is 2.91. The third-order valence-electron chi connectivity index (χ3n) is 4.02. The van der Waals surface area contributed by atoms with Gasteiger partial charge >= 0.3 is 5.97 Å². The zero-order valence-corrected chi connectivity index (χ0v) is 15.7. The highest BCUT2D eigenvalue weighted by Gasteiger charge is 2.24. The highest BCUT2D eigenvalue weighted by atomic mass is 16.5. The van der Waals surface area contributed by atoms with Crippen LogP contribution in [0.25, 0.3) is 0 Å². The quantitative estimate of drug-likeness (QED) is 0.396. The molecule has 0 saturated carbocycles. The summed E-state index contributed by atoms with van der Waals surface area (Å²) in [5, 5.41) is 0. The van der Waals surface area contributed by atoms with E-state index in [9.17, 15) is 14.4 Å². The van der Waals surface area contributed by atoms with Crippen LogP contribution >= 0.6 is 0 Å². The summed E-state index contributed by atoms with van der Waals surface area (Å²) in [7, 11) is 1.29. The number of nitrogens with one attached hydrogen (secondary N) is 1. The summed E-state index contributed by atoms with van der Waals surface area (Å²) in [6.45, 7) is 8.73. The lowest BCUT2D eigenvalue weighted by molar-refractivity contribution is -0.130. The summed E-state index contributed by atoms with van der Waals surface area (Å²) in [6, 6.07) is 0. The van der Waals surface area contributed by atoms with Crippen LogP contribution in [-0.2, 0) is 14.3 Å². The summed E-state index contributed by atoms with van der Waals surface area (Å²) in [5.74, 6) is -0.790. The van der Waals surface area contributed by atoms with Crippen molar-refractivity contribution in [2.75, 3.05) is 33.4 Å². The van der Waals surface area contributed by atoms with Crippen LogP contribution < -0.4 is 0 Å². The largest absolute Gasteiger partial charge is 0.464 e. The summed E-state index contributed by atoms with van der Waals surface area (Å²) in [6.07, 6.45) is 1.01. The molecule has 0 saturated heterocycles. The van der Waals surface area contributed by atoms with Crippen LogP contribution in [0.4, 0.5) is 0 Å². The van der Waals surface area contributed by atoms with Crippen LogP contribution in [0.2, 0.25) is 0 Å². The van der Waals surface area contributed by atoms with Crippen LogP contribution in [0.1, 0.15) is 58.8 Å². The summed E-state index contributed by atoms with van der Waals surface area (Å²) in [4.78, 5) is 41.1. The molecule has 0 aliphatic rings. The molecule has 7 nitrogen and oxygen atoms in total. The van der Waals surface area contributed by atoms with Gasteiger partial charge in [0, 0.05) is 37.4 Å². The molecule has 0 spiro atoms. The van der Waals surface area contributed by atoms with Gasteiger partial charge in [0.05, 0.1) is 13.7 Å². The number of aromatic nitrogens is 1. The van der Waals surface area contributed by atoms with Crippen molar-refractivity contribution in [3.05, 3.63) is 22.5 Å². The highest BCUT2D eigenvalue weighted by molar-refractivity contribution is 6.04. The number of hydrogen-bond acceptors (Lipinski definition) is 5. The number of amides is 1. The second kappa shape index (κ2) is 9.98. The lowest BCUT2D eigenvalue weighted by Gasteiger charge is -2.21. The van der Waals surface area contributed by atoms with E-state index < -0.39 is 5.97 Å². The average molecular weight is 352 g/mol. The van der Waals surface area contributed by atoms with Crippen LogP contribution in [0, 0.1) is 13.8 Å². The van der Waals surface area contributed by atoms with E-state index in [1.54, 1.807) is 25.7 Å². The molecule has 7 heteroatoms. The van der Waals surface area contributed by atoms with Gasteiger partial charge in [-0.2, -0.15) is 0 Å². The fourth-order valence-corrected chi connectivity index (χ4v) is 2.74. The van der Waals surface area contributed by atoms with Crippen LogP contribution in [0.5, 0.6) is 0 Å². The van der Waals surface area contributed by atoms with Crippen molar-refractivity contribution in [3.8, 4) is 0 Å². The van der Waals surface area contributed by atoms with Crippen molar-refractivity contribution < 1.29 is 23.9 Å². The molecule has 1 aromatic heterocycles. The predicted molar refractivity (Wildman–Crippen MR) is 93.9 cm³/mol. The smallest absolute Gasteiger partial charge is 0.354 e. The van der Waals surface area contributed by atoms with E-state index in [2.05, 4.69) is 4.98 Å². The minimum Gasteiger partial charge on any atom is -0.464 e. The Morgan fingerprint density at radius 1 is 1.16 bits per heavy atom. The number of aromatic amines is 1. The second-order valence-corrected chi connectivity index (χ2v) is 5.76. The van der Waals surface area contributed by atoms with Gasteiger partial charge in [-0.15, -0.1) is 0 Å². The van der Waals surface area contributed by atoms with E-state index in [-0.39, 0.29) is 23.9 Å². The van der Waals surface area contributed by atoms with Crippen molar-refractivity contribution in [1.29, 1.82) is 0 Å². The maximum absolute atomic E-state index is 12.7. The Morgan fingerprint density at radius 3 is 2.40 bits per heavy atom. The molecule has 25 heavy (non-hydrogen) atoms. The molecule has 1 N–H and O–H groups in total. The summed E-state index contributed by atoms with van der Waals surface area (Å²) < 4.78 is 10.0. The van der Waals surface area contributed by atoms with Gasteiger partial charge in [-0.1, -0.05) is 6.92 Å². The van der Waals surface area contributed by atoms with E-state index in [0.29, 0.717) is 49.4 Å². The first-order valence-corrected chi connectivity index (χ1v) is 8.53. The van der Waals surface area contributed by atoms with Gasteiger partial charge in [0.2, 0.25) is 5.91 Å². The number of esters is 1. The highest BCUT2D eigenvalue weighted by Crippen LogP contribution is 2.20. The molecular formula is C18H28N2O5. The van der Waals surface area contributed by atoms with E-state index >= 15 is 0 Å². The molecule has 1 amide bonds. The molecule has 0 unspecified atom stereocenters. The maximum Gasteiger partial charge on any atom is 0.354 e. The number of hydrogen-bond donors (Lipinski definition) is 1. The number of nitrogens with zero attached hydrogens (tertiary/aromatic N) is 1. The fourth-order valence-electron chi connectivity index (χ4n) is 2.74. The molecule has 140 valence electrons. The van der Waals surface area contributed by atoms with Crippen molar-refractivity contribution in [2.45, 2.75) is 40.5 Å². The SMILES string of the molecule is CCOCCCN(CC(=O)c1c(C)[nH]c(C(=O)OC)c1C)C(=O)CC. The van der Waals surface area contributed by atoms with Crippen molar-refractivity contribution in [1.82, 2.24) is 9.88 Å². The molecule has 0 radical (unpaired) electrons. The minimum atomic E-state index is -0.516. The molecule has 0 bridgehead atoms. The number of rotatable bonds is 10. The number of ketones is 1. The fraction of sp³-hybridized carbons (Fsp3) is 0.611. The first-order valence-electron chi connectivity index (χ1n) is 8.53. The van der Waals surface area contributed by atoms with Gasteiger partial charge in [0.1, 0.15) is 5.69 Å². The van der Waals surface area contributed by atoms with Gasteiger partial charge in [-0.25, -0.2) is 4.79 Å². The van der Waals surface area contributed by atoms with Crippen molar-refractivity contribution >= 4 is 17.7 Å². The van der Waals surface area contributed by atoms with Crippen LogP contribution in [0.3, 0.4) is 0 Å². The first kappa shape index (κ1) is 20.9. The third kappa shape index (κ3) is 5.42. The summed E-state index contributed by atoms with van der Waals surface area (Å²) in [5.41, 5.74) is 1.86. The number of ether oxygens (including phenoxy) is 2. The van der Waals surface area contributed by atoms with Crippen LogP contribution in [0.15, 0.2) is 0 Å². The number of aryl methyl sites for hydroxylation is 1. The van der Waals surface area contributed by atoms with E-state index in [0.717, 1.165) is 0 Å². The van der Waals surface area contributed by atoms with E-state index in [1.807, 2.05) is 6.92 Å². The summed E-state index contributed by atoms with van der Waals surface area (Å²) >= 11 is 0. The zero-order valence-electron chi connectivity index (χ0n) is 15.7. The molecule has 0 fully saturated rings. The van der Waals surface area contributed by atoms with E-state index in [1.165, 1.54) is 7.11 Å². The molecule has 1 rings (SSSR count). The monoisotopic (exact) mass is 352 g/mol. The molecule has 1 aromatic rings. The van der Waals surface area contributed by atoms with Crippen LogP contribution in [-0.4, -0.2) is 61.0 Å². The molecular weight excluding hydrogens is 324 g/mol. The van der Waals surface area contributed by atoms with Gasteiger partial charge in [-0.3, -0.25) is 9.59 Å². The molecule has 0 atom stereocenters. The van der Waals surface area contributed by atoms with Crippen molar-refractivity contribution in [3.63, 3.8) is 0 Å². The number of methoxy groups -OCH3 is 1. The Kier molecular flexibility index (Phi) is 8.34. The van der Waals surface area contributed by atoms with Crippen molar-refractivity contribution in [2.24, 2.45) is 0 Å². The number of H-pyrrole nitrogens is 1. The second-order valence-electron chi connectivity index (χ2n) is 5.76. The Hall–Kier alpha value is -2.15. The average Bonchev–Trinajstić information content (AvgIpc) is 2.90. The lowest BCUT2D eigenvalue weighted by atomic mass is 10.0. The molecule has 0 aliphatic carbocycles. The van der Waals surface area contributed by atoms with Gasteiger partial charge < -0.3 is 19.4 Å². The van der Waals surface area contributed by atoms with Gasteiger partial charge in [0.25, 0.3) is 0 Å². The topological polar surface area (TPSA) is 88.7 Å². The van der Waals surface area contributed by atoms with Gasteiger partial charge in [-0.05, 0) is 32.8 Å². The lowest BCUT2D eigenvalue weighted by Crippen LogP contribution is -2.36. The minimum absolute atomic E-state index is 0.0149. The standard InChI is InChI=1S/C18H28N2O5/c1-6-15(22)20(9-8-10-25-7-2)11-14(21)16-12(3)17(18(23)24-5)19-13(16)4/h19H,6-11H2,1-5H3. The maximum atomic E-state index is 12.7. The number of carbonyl (C=O) groups is 3. The molecule has 0 aliphatic heterocycles. The van der Waals surface area contributed by atoms with Gasteiger partial charge in [0.15, 0.2) is 5.78 Å². The van der Waals surface area contributed by atoms with E-state index in [4.69, 9.17) is 9.47 Å². The number of carbonyl (C=O) groups excluding carboxylic acids is 3. The third-order valence-corrected chi connectivity index (χ3v) is 4.02. The Labute approximate surface area is 148 Å². The Bertz CT molecular complexity index is 621. The first-order chi connectivity index (χ1) is 11.9. The predicted octanol–water partition coefficient (Wildman–Crippen LogP) is 2.27. The molecule has 1 heterocycles. The zero-order chi connectivity index (χ0) is 19.0. The number of Topliss-reactive ketones (excluding diaryl/α,β-unsaturated/α-hetero) is 1. The molecule has 0 aromatic carbocycles. The Morgan fingerprint density at radius 2 is 1.84 bits per heavy atom. The normalized spacial score (nSPS) is 10.6.